The average Bonchev–Trinajstić information content (AvgIpc) is 3.27. The Morgan fingerprint density at radius 1 is 1.19 bits per heavy atom. The van der Waals surface area contributed by atoms with Crippen LogP contribution in [0.4, 0.5) is 10.3 Å². The van der Waals surface area contributed by atoms with Gasteiger partial charge in [0.2, 0.25) is 5.95 Å². The summed E-state index contributed by atoms with van der Waals surface area (Å²) in [6.07, 6.45) is 3.41. The van der Waals surface area contributed by atoms with Crippen LogP contribution in [-0.4, -0.2) is 34.5 Å². The number of hydrogen-bond acceptors (Lipinski definition) is 7. The largest absolute Gasteiger partial charge is 0.497 e. The number of ether oxygens (including phenoxy) is 1. The second kappa shape index (κ2) is 9.69. The minimum absolute atomic E-state index is 0.267. The molecule has 0 bridgehead atoms. The number of thiophene rings is 1. The van der Waals surface area contributed by atoms with Crippen molar-refractivity contribution in [3.63, 3.8) is 0 Å². The van der Waals surface area contributed by atoms with Crippen LogP contribution in [0.2, 0.25) is 0 Å². The molecule has 3 aromatic heterocycles. The summed E-state index contributed by atoms with van der Waals surface area (Å²) in [6, 6.07) is 10.7. The van der Waals surface area contributed by atoms with E-state index in [9.17, 15) is 9.18 Å². The Labute approximate surface area is 188 Å². The molecule has 2 N–H and O–H groups in total. The van der Waals surface area contributed by atoms with Gasteiger partial charge in [0.05, 0.1) is 29.6 Å². The highest BCUT2D eigenvalue weighted by molar-refractivity contribution is 7.17. The number of fused-ring (bicyclic) bond motifs is 1. The van der Waals surface area contributed by atoms with Crippen molar-refractivity contribution in [2.24, 2.45) is 0 Å². The molecule has 1 aromatic carbocycles. The van der Waals surface area contributed by atoms with E-state index in [1.165, 1.54) is 17.4 Å². The third kappa shape index (κ3) is 5.00. The molecule has 0 unspecified atom stereocenters. The first-order chi connectivity index (χ1) is 15.5. The van der Waals surface area contributed by atoms with Crippen molar-refractivity contribution < 1.29 is 13.9 Å². The van der Waals surface area contributed by atoms with Crippen molar-refractivity contribution in [2.75, 3.05) is 19.0 Å². The lowest BCUT2D eigenvalue weighted by molar-refractivity contribution is 0.0951. The van der Waals surface area contributed by atoms with E-state index < -0.39 is 5.82 Å². The Kier molecular flexibility index (Phi) is 6.55. The van der Waals surface area contributed by atoms with E-state index in [0.29, 0.717) is 35.7 Å². The molecule has 9 heteroatoms. The zero-order valence-corrected chi connectivity index (χ0v) is 18.4. The van der Waals surface area contributed by atoms with Crippen LogP contribution in [0.15, 0.2) is 54.2 Å². The van der Waals surface area contributed by atoms with Gasteiger partial charge in [0.15, 0.2) is 5.69 Å². The molecule has 3 heterocycles. The molecule has 1 amide bonds. The van der Waals surface area contributed by atoms with Gasteiger partial charge >= 0.3 is 0 Å². The van der Waals surface area contributed by atoms with Crippen LogP contribution in [0.1, 0.15) is 34.6 Å². The van der Waals surface area contributed by atoms with Gasteiger partial charge in [-0.2, -0.15) is 0 Å². The molecule has 0 aliphatic rings. The number of aromatic nitrogens is 3. The standard InChI is InChI=1S/C23H22FN5O2S/c1-14(16-11-17(24)13-25-12-16)27-23-28-19-8-10-32-21(19)20(29-23)22(30)26-9-7-15-3-5-18(31-2)6-4-15/h3-6,8,10-14H,7,9H2,1-2H3,(H,26,30)(H,27,28,29)/t14-/m0/s1. The van der Waals surface area contributed by atoms with Gasteiger partial charge in [-0.15, -0.1) is 11.3 Å². The summed E-state index contributed by atoms with van der Waals surface area (Å²) < 4.78 is 19.4. The lowest BCUT2D eigenvalue weighted by Crippen LogP contribution is -2.27. The predicted octanol–water partition coefficient (Wildman–Crippen LogP) is 4.38. The number of anilines is 1. The third-order valence-electron chi connectivity index (χ3n) is 4.95. The molecule has 0 aliphatic carbocycles. The summed E-state index contributed by atoms with van der Waals surface area (Å²) in [4.78, 5) is 25.7. The maximum absolute atomic E-state index is 13.5. The number of methoxy groups -OCH3 is 1. The lowest BCUT2D eigenvalue weighted by Gasteiger charge is -2.15. The number of benzene rings is 1. The van der Waals surface area contributed by atoms with Crippen molar-refractivity contribution in [3.8, 4) is 5.75 Å². The summed E-state index contributed by atoms with van der Waals surface area (Å²) in [5, 5.41) is 7.95. The summed E-state index contributed by atoms with van der Waals surface area (Å²) in [5.74, 6) is 0.411. The van der Waals surface area contributed by atoms with Crippen LogP contribution in [-0.2, 0) is 6.42 Å². The van der Waals surface area contributed by atoms with Gasteiger partial charge < -0.3 is 15.4 Å². The molecule has 1 atom stereocenters. The molecule has 0 spiro atoms. The fourth-order valence-corrected chi connectivity index (χ4v) is 4.04. The van der Waals surface area contributed by atoms with Gasteiger partial charge in [0.25, 0.3) is 5.91 Å². The quantitative estimate of drug-likeness (QED) is 0.413. The topological polar surface area (TPSA) is 89.0 Å². The van der Waals surface area contributed by atoms with Crippen LogP contribution in [0, 0.1) is 5.82 Å². The SMILES string of the molecule is COc1ccc(CCNC(=O)c2nc(N[C@@H](C)c3cncc(F)c3)nc3ccsc23)cc1. The molecule has 7 nitrogen and oxygen atoms in total. The van der Waals surface area contributed by atoms with E-state index in [1.807, 2.05) is 42.6 Å². The minimum Gasteiger partial charge on any atom is -0.497 e. The number of amides is 1. The number of hydrogen-bond donors (Lipinski definition) is 2. The Balaban J connectivity index is 1.47. The van der Waals surface area contributed by atoms with Crippen molar-refractivity contribution in [1.29, 1.82) is 0 Å². The molecular weight excluding hydrogens is 429 g/mol. The molecule has 32 heavy (non-hydrogen) atoms. The summed E-state index contributed by atoms with van der Waals surface area (Å²) in [6.45, 7) is 2.32. The first-order valence-electron chi connectivity index (χ1n) is 10.1. The number of carbonyl (C=O) groups is 1. The number of halogens is 1. The highest BCUT2D eigenvalue weighted by atomic mass is 32.1. The van der Waals surface area contributed by atoms with Gasteiger partial charge in [-0.3, -0.25) is 9.78 Å². The number of rotatable bonds is 8. The highest BCUT2D eigenvalue weighted by Crippen LogP contribution is 2.25. The second-order valence-electron chi connectivity index (χ2n) is 7.19. The summed E-state index contributed by atoms with van der Waals surface area (Å²) >= 11 is 1.42. The average molecular weight is 452 g/mol. The van der Waals surface area contributed by atoms with Gasteiger partial charge in [0, 0.05) is 12.7 Å². The highest BCUT2D eigenvalue weighted by Gasteiger charge is 2.17. The van der Waals surface area contributed by atoms with E-state index >= 15 is 0 Å². The number of nitrogens with zero attached hydrogens (tertiary/aromatic N) is 3. The van der Waals surface area contributed by atoms with E-state index in [1.54, 1.807) is 13.3 Å². The van der Waals surface area contributed by atoms with Crippen LogP contribution in [0.5, 0.6) is 5.75 Å². The number of pyridine rings is 1. The van der Waals surface area contributed by atoms with Crippen molar-refractivity contribution in [3.05, 3.63) is 76.8 Å². The van der Waals surface area contributed by atoms with Gasteiger partial charge in [0.1, 0.15) is 11.6 Å². The number of carbonyl (C=O) groups excluding carboxylic acids is 1. The molecule has 4 rings (SSSR count). The van der Waals surface area contributed by atoms with Gasteiger partial charge in [-0.25, -0.2) is 14.4 Å². The smallest absolute Gasteiger partial charge is 0.271 e. The molecule has 0 saturated heterocycles. The van der Waals surface area contributed by atoms with Crippen LogP contribution >= 0.6 is 11.3 Å². The van der Waals surface area contributed by atoms with Gasteiger partial charge in [-0.1, -0.05) is 12.1 Å². The third-order valence-corrected chi connectivity index (χ3v) is 5.86. The molecule has 0 aliphatic heterocycles. The first kappa shape index (κ1) is 21.6. The Hall–Kier alpha value is -3.59. The monoisotopic (exact) mass is 451 g/mol. The van der Waals surface area contributed by atoms with Crippen LogP contribution < -0.4 is 15.4 Å². The molecule has 0 radical (unpaired) electrons. The second-order valence-corrected chi connectivity index (χ2v) is 8.10. The fraction of sp³-hybridized carbons (Fsp3) is 0.217. The zero-order chi connectivity index (χ0) is 22.5. The first-order valence-corrected chi connectivity index (χ1v) is 10.9. The lowest BCUT2D eigenvalue weighted by atomic mass is 10.1. The van der Waals surface area contributed by atoms with Gasteiger partial charge in [-0.05, 0) is 54.1 Å². The predicted molar refractivity (Wildman–Crippen MR) is 123 cm³/mol. The molecular formula is C23H22FN5O2S. The summed E-state index contributed by atoms with van der Waals surface area (Å²) in [5.41, 5.74) is 2.74. The summed E-state index contributed by atoms with van der Waals surface area (Å²) in [7, 11) is 1.63. The zero-order valence-electron chi connectivity index (χ0n) is 17.6. The van der Waals surface area contributed by atoms with E-state index in [2.05, 4.69) is 25.6 Å². The molecule has 0 fully saturated rings. The van der Waals surface area contributed by atoms with Crippen LogP contribution in [0.3, 0.4) is 0 Å². The minimum atomic E-state index is -0.415. The molecule has 0 saturated carbocycles. The fourth-order valence-electron chi connectivity index (χ4n) is 3.22. The molecule has 164 valence electrons. The van der Waals surface area contributed by atoms with E-state index in [-0.39, 0.29) is 11.9 Å². The maximum atomic E-state index is 13.5. The molecule has 4 aromatic rings. The maximum Gasteiger partial charge on any atom is 0.271 e. The normalized spacial score (nSPS) is 11.8. The van der Waals surface area contributed by atoms with E-state index in [4.69, 9.17) is 4.74 Å². The van der Waals surface area contributed by atoms with E-state index in [0.717, 1.165) is 22.2 Å². The van der Waals surface area contributed by atoms with Crippen LogP contribution in [0.25, 0.3) is 10.2 Å². The van der Waals surface area contributed by atoms with Crippen molar-refractivity contribution in [2.45, 2.75) is 19.4 Å². The van der Waals surface area contributed by atoms with Crippen molar-refractivity contribution in [1.82, 2.24) is 20.3 Å². The van der Waals surface area contributed by atoms with Crippen molar-refractivity contribution >= 4 is 33.4 Å². The number of nitrogens with one attached hydrogen (secondary N) is 2. The Morgan fingerprint density at radius 2 is 2.00 bits per heavy atom. The Bertz CT molecular complexity index is 1230. The Morgan fingerprint density at radius 3 is 2.75 bits per heavy atom.